The van der Waals surface area contributed by atoms with Gasteiger partial charge in [-0.3, -0.25) is 0 Å². The van der Waals surface area contributed by atoms with Crippen LogP contribution in [-0.2, 0) is 10.0 Å². The Morgan fingerprint density at radius 1 is 1.09 bits per heavy atom. The van der Waals surface area contributed by atoms with Crippen molar-refractivity contribution in [3.63, 3.8) is 0 Å². The number of nitrogens with zero attached hydrogens (tertiary/aromatic N) is 3. The Balaban J connectivity index is 0.00000242. The van der Waals surface area contributed by atoms with E-state index in [0.29, 0.717) is 5.56 Å². The summed E-state index contributed by atoms with van der Waals surface area (Å²) in [7, 11) is -3.89. The van der Waals surface area contributed by atoms with Crippen molar-refractivity contribution in [3.05, 3.63) is 76.0 Å². The molecule has 0 amide bonds. The number of hydrogen-bond acceptors (Lipinski definition) is 2. The zero-order valence-electron chi connectivity index (χ0n) is 12.3. The molecule has 5 nitrogen and oxygen atoms in total. The monoisotopic (exact) mass is 305 g/mol. The average molecular weight is 305 g/mol. The Kier molecular flexibility index (Phi) is 6.39. The summed E-state index contributed by atoms with van der Waals surface area (Å²) < 4.78 is 28.2. The van der Waals surface area contributed by atoms with Gasteiger partial charge in [-0.1, -0.05) is 48.0 Å². The van der Waals surface area contributed by atoms with E-state index in [1.54, 1.807) is 42.5 Å². The van der Waals surface area contributed by atoms with Crippen molar-refractivity contribution in [2.24, 2.45) is 0 Å². The van der Waals surface area contributed by atoms with Gasteiger partial charge in [0.15, 0.2) is 0 Å². The molecule has 0 spiro atoms. The van der Waals surface area contributed by atoms with Crippen LogP contribution in [-0.4, -0.2) is 19.1 Å². The Labute approximate surface area is 141 Å². The quantitative estimate of drug-likeness (QED) is 0.345. The number of rotatable bonds is 4. The molecule has 0 N–H and O–H groups in total. The maximum absolute atomic E-state index is 12.3. The van der Waals surface area contributed by atoms with E-state index in [0.717, 1.165) is 5.56 Å². The van der Waals surface area contributed by atoms with Crippen LogP contribution in [0.3, 0.4) is 0 Å². The maximum atomic E-state index is 12.3. The van der Waals surface area contributed by atoms with Crippen molar-refractivity contribution in [2.45, 2.75) is 11.8 Å². The molecule has 106 valence electrons. The predicted molar refractivity (Wildman–Crippen MR) is 80.2 cm³/mol. The van der Waals surface area contributed by atoms with Crippen LogP contribution in [0.2, 0.25) is 0 Å². The van der Waals surface area contributed by atoms with E-state index >= 15 is 0 Å². The standard InChI is InChI=1S/C15H12N3O2S.Li/c1-12-7-9-14(10-8-12)21(19,20)18-15(11-17-16)13-5-3-2-4-6-13;/h2-10H,1H3;/q-1;+1. The van der Waals surface area contributed by atoms with Gasteiger partial charge in [-0.25, -0.2) is 8.42 Å². The molecule has 0 heterocycles. The van der Waals surface area contributed by atoms with Crippen LogP contribution >= 0.6 is 0 Å². The van der Waals surface area contributed by atoms with Gasteiger partial charge in [-0.05, 0) is 24.6 Å². The zero-order chi connectivity index (χ0) is 15.3. The van der Waals surface area contributed by atoms with Crippen molar-refractivity contribution >= 4 is 21.6 Å². The van der Waals surface area contributed by atoms with Gasteiger partial charge in [-0.15, -0.1) is 4.79 Å². The number of hydrogen-bond donors (Lipinski definition) is 0. The Morgan fingerprint density at radius 2 is 1.68 bits per heavy atom. The molecular formula is C15H12LiN3O2S. The van der Waals surface area contributed by atoms with Gasteiger partial charge in [0.1, 0.15) is 10.0 Å². The second kappa shape index (κ2) is 7.81. The van der Waals surface area contributed by atoms with Crippen LogP contribution in [0.1, 0.15) is 11.1 Å². The topological polar surface area (TPSA) is 84.6 Å². The van der Waals surface area contributed by atoms with E-state index in [4.69, 9.17) is 5.53 Å². The fourth-order valence-electron chi connectivity index (χ4n) is 1.66. The van der Waals surface area contributed by atoms with E-state index < -0.39 is 10.0 Å². The van der Waals surface area contributed by atoms with Gasteiger partial charge in [0.25, 0.3) is 5.87 Å². The molecule has 0 aliphatic carbocycles. The molecule has 2 aromatic rings. The minimum Gasteiger partial charge on any atom is -0.560 e. The van der Waals surface area contributed by atoms with Gasteiger partial charge in [-0.2, -0.15) is 0 Å². The van der Waals surface area contributed by atoms with Gasteiger partial charge in [0, 0.05) is 5.70 Å². The summed E-state index contributed by atoms with van der Waals surface area (Å²) in [5.74, 6) is 2.19. The second-order valence-electron chi connectivity index (χ2n) is 4.31. The summed E-state index contributed by atoms with van der Waals surface area (Å²) in [6, 6.07) is 14.9. The SMILES string of the molecule is Cc1ccc(S(=O)(=O)[N-]C(=C=[N+]=[N-])c2ccccc2)cc1.[Li+]. The predicted octanol–water partition coefficient (Wildman–Crippen LogP) is 0.00202. The van der Waals surface area contributed by atoms with Crippen molar-refractivity contribution in [1.82, 2.24) is 0 Å². The van der Waals surface area contributed by atoms with E-state index in [9.17, 15) is 8.42 Å². The maximum Gasteiger partial charge on any atom is 1.00 e. The summed E-state index contributed by atoms with van der Waals surface area (Å²) >= 11 is 0. The molecule has 0 radical (unpaired) electrons. The Morgan fingerprint density at radius 3 is 2.23 bits per heavy atom. The van der Waals surface area contributed by atoms with E-state index in [1.807, 2.05) is 6.92 Å². The molecule has 0 aromatic heterocycles. The molecule has 7 heteroatoms. The number of sulfonamides is 1. The molecule has 2 rings (SSSR count). The Hall–Kier alpha value is -2.05. The van der Waals surface area contributed by atoms with Gasteiger partial charge >= 0.3 is 18.9 Å². The van der Waals surface area contributed by atoms with Gasteiger partial charge < -0.3 is 10.3 Å². The largest absolute Gasteiger partial charge is 1.00 e. The molecule has 0 bridgehead atoms. The first-order chi connectivity index (χ1) is 10.0. The third-order valence-corrected chi connectivity index (χ3v) is 4.02. The number of aryl methyl sites for hydroxylation is 1. The first-order valence-electron chi connectivity index (χ1n) is 6.10. The second-order valence-corrected chi connectivity index (χ2v) is 5.91. The van der Waals surface area contributed by atoms with Crippen molar-refractivity contribution < 1.29 is 32.1 Å². The fourth-order valence-corrected chi connectivity index (χ4v) is 2.64. The summed E-state index contributed by atoms with van der Waals surface area (Å²) in [4.78, 5) is 2.83. The molecule has 0 unspecified atom stereocenters. The molecule has 0 saturated carbocycles. The minimum atomic E-state index is -3.89. The van der Waals surface area contributed by atoms with Crippen LogP contribution < -0.4 is 18.9 Å². The smallest absolute Gasteiger partial charge is 0.560 e. The van der Waals surface area contributed by atoms with Crippen LogP contribution in [0.4, 0.5) is 0 Å². The molecular weight excluding hydrogens is 293 g/mol. The molecule has 0 aliphatic heterocycles. The van der Waals surface area contributed by atoms with E-state index in [2.05, 4.69) is 15.4 Å². The van der Waals surface area contributed by atoms with Crippen LogP contribution in [0, 0.1) is 6.92 Å². The first-order valence-corrected chi connectivity index (χ1v) is 7.54. The summed E-state index contributed by atoms with van der Waals surface area (Å²) in [6.45, 7) is 1.86. The third-order valence-electron chi connectivity index (χ3n) is 2.73. The zero-order valence-corrected chi connectivity index (χ0v) is 13.1. The van der Waals surface area contributed by atoms with Crippen molar-refractivity contribution in [1.29, 1.82) is 0 Å². The Bertz CT molecular complexity index is 821. The molecule has 0 fully saturated rings. The molecule has 2 aromatic carbocycles. The fraction of sp³-hybridized carbons (Fsp3) is 0.0667. The molecule has 0 aliphatic rings. The van der Waals surface area contributed by atoms with Gasteiger partial charge in [0.2, 0.25) is 0 Å². The first kappa shape index (κ1) is 18.0. The molecule has 0 atom stereocenters. The summed E-state index contributed by atoms with van der Waals surface area (Å²) in [5.41, 5.74) is 10.0. The van der Waals surface area contributed by atoms with Crippen LogP contribution in [0.15, 0.2) is 59.5 Å². The third kappa shape index (κ3) is 4.47. The van der Waals surface area contributed by atoms with Crippen molar-refractivity contribution in [3.8, 4) is 0 Å². The summed E-state index contributed by atoms with van der Waals surface area (Å²) in [6.07, 6.45) is 0. The van der Waals surface area contributed by atoms with Crippen LogP contribution in [0.25, 0.3) is 16.0 Å². The van der Waals surface area contributed by atoms with E-state index in [1.165, 1.54) is 12.1 Å². The number of benzene rings is 2. The minimum absolute atomic E-state index is 0. The van der Waals surface area contributed by atoms with Gasteiger partial charge in [0.05, 0.1) is 4.90 Å². The molecule has 22 heavy (non-hydrogen) atoms. The van der Waals surface area contributed by atoms with Crippen molar-refractivity contribution in [2.75, 3.05) is 0 Å². The van der Waals surface area contributed by atoms with E-state index in [-0.39, 0.29) is 29.5 Å². The normalized spacial score (nSPS) is 9.86. The summed E-state index contributed by atoms with van der Waals surface area (Å²) in [5, 5.41) is 0. The molecule has 0 saturated heterocycles. The average Bonchev–Trinajstić information content (AvgIpc) is 2.48. The van der Waals surface area contributed by atoms with Crippen LogP contribution in [0.5, 0.6) is 0 Å².